The molecule has 1 aromatic rings. The Labute approximate surface area is 118 Å². The Morgan fingerprint density at radius 2 is 2.32 bits per heavy atom. The predicted octanol–water partition coefficient (Wildman–Crippen LogP) is 2.81. The number of rotatable bonds is 4. The molecule has 3 N–H and O–H groups in total. The summed E-state index contributed by atoms with van der Waals surface area (Å²) >= 11 is 5.80. The van der Waals surface area contributed by atoms with Crippen molar-refractivity contribution in [2.75, 3.05) is 6.61 Å². The van der Waals surface area contributed by atoms with E-state index >= 15 is 0 Å². The van der Waals surface area contributed by atoms with E-state index in [0.717, 1.165) is 31.4 Å². The van der Waals surface area contributed by atoms with Gasteiger partial charge in [0.1, 0.15) is 5.82 Å². The Balaban J connectivity index is 2.11. The maximum atomic E-state index is 13.2. The molecule has 0 aliphatic carbocycles. The van der Waals surface area contributed by atoms with Crippen LogP contribution in [-0.2, 0) is 11.2 Å². The van der Waals surface area contributed by atoms with Crippen molar-refractivity contribution >= 4 is 11.6 Å². The van der Waals surface area contributed by atoms with E-state index in [1.54, 1.807) is 12.1 Å². The molecule has 2 unspecified atom stereocenters. The van der Waals surface area contributed by atoms with Gasteiger partial charge in [0.05, 0.1) is 16.7 Å². The van der Waals surface area contributed by atoms with Gasteiger partial charge in [-0.25, -0.2) is 4.39 Å². The van der Waals surface area contributed by atoms with Gasteiger partial charge in [-0.2, -0.15) is 0 Å². The minimum atomic E-state index is -0.400. The van der Waals surface area contributed by atoms with E-state index in [4.69, 9.17) is 22.2 Å². The molecule has 3 nitrogen and oxygen atoms in total. The molecule has 1 heterocycles. The molecule has 0 radical (unpaired) electrons. The van der Waals surface area contributed by atoms with Crippen LogP contribution in [0.15, 0.2) is 18.2 Å². The first kappa shape index (κ1) is 14.7. The zero-order chi connectivity index (χ0) is 13.9. The van der Waals surface area contributed by atoms with E-state index < -0.39 is 5.82 Å². The Hall–Kier alpha value is -0.680. The van der Waals surface area contributed by atoms with Gasteiger partial charge < -0.3 is 4.74 Å². The van der Waals surface area contributed by atoms with Crippen molar-refractivity contribution in [1.29, 1.82) is 0 Å². The molecule has 1 aromatic carbocycles. The summed E-state index contributed by atoms with van der Waals surface area (Å²) in [4.78, 5) is 0. The number of nitrogens with two attached hydrogens (primary N) is 1. The van der Waals surface area contributed by atoms with Crippen LogP contribution < -0.4 is 11.3 Å². The van der Waals surface area contributed by atoms with Crippen molar-refractivity contribution in [2.45, 2.75) is 44.2 Å². The third-order valence-electron chi connectivity index (χ3n) is 3.86. The lowest BCUT2D eigenvalue weighted by atomic mass is 9.85. The van der Waals surface area contributed by atoms with Crippen molar-refractivity contribution in [3.8, 4) is 0 Å². The van der Waals surface area contributed by atoms with Crippen LogP contribution in [0.1, 0.15) is 31.7 Å². The lowest BCUT2D eigenvalue weighted by Crippen LogP contribution is -2.55. The van der Waals surface area contributed by atoms with E-state index in [1.165, 1.54) is 6.07 Å². The van der Waals surface area contributed by atoms with E-state index in [-0.39, 0.29) is 16.7 Å². The van der Waals surface area contributed by atoms with Crippen molar-refractivity contribution in [3.63, 3.8) is 0 Å². The van der Waals surface area contributed by atoms with Gasteiger partial charge in [-0.1, -0.05) is 17.7 Å². The first-order chi connectivity index (χ1) is 9.05. The third kappa shape index (κ3) is 3.45. The number of hydrazine groups is 1. The molecule has 0 amide bonds. The minimum Gasteiger partial charge on any atom is -0.374 e. The SMILES string of the molecule is CC1(C(Cc2ccc(F)c(Cl)c2)NN)CCCCO1. The highest BCUT2D eigenvalue weighted by Crippen LogP contribution is 2.29. The van der Waals surface area contributed by atoms with Crippen LogP contribution in [0, 0.1) is 5.82 Å². The van der Waals surface area contributed by atoms with Gasteiger partial charge in [0.15, 0.2) is 0 Å². The molecular formula is C14H20ClFN2O. The molecular weight excluding hydrogens is 267 g/mol. The summed E-state index contributed by atoms with van der Waals surface area (Å²) < 4.78 is 19.0. The molecule has 106 valence electrons. The molecule has 19 heavy (non-hydrogen) atoms. The smallest absolute Gasteiger partial charge is 0.141 e. The zero-order valence-corrected chi connectivity index (χ0v) is 11.8. The molecule has 2 rings (SSSR count). The van der Waals surface area contributed by atoms with Crippen LogP contribution in [0.25, 0.3) is 0 Å². The highest BCUT2D eigenvalue weighted by atomic mass is 35.5. The molecule has 0 bridgehead atoms. The zero-order valence-electron chi connectivity index (χ0n) is 11.1. The van der Waals surface area contributed by atoms with Crippen molar-refractivity contribution in [1.82, 2.24) is 5.43 Å². The lowest BCUT2D eigenvalue weighted by molar-refractivity contribution is -0.0884. The molecule has 1 aliphatic rings. The second-order valence-corrected chi connectivity index (χ2v) is 5.70. The van der Waals surface area contributed by atoms with Crippen LogP contribution in [0.5, 0.6) is 0 Å². The summed E-state index contributed by atoms with van der Waals surface area (Å²) in [5.41, 5.74) is 3.50. The highest BCUT2D eigenvalue weighted by Gasteiger charge is 2.36. The van der Waals surface area contributed by atoms with Crippen LogP contribution in [0.2, 0.25) is 5.02 Å². The molecule has 0 aromatic heterocycles. The van der Waals surface area contributed by atoms with E-state index in [9.17, 15) is 4.39 Å². The van der Waals surface area contributed by atoms with Crippen molar-refractivity contribution < 1.29 is 9.13 Å². The maximum Gasteiger partial charge on any atom is 0.141 e. The second-order valence-electron chi connectivity index (χ2n) is 5.29. The highest BCUT2D eigenvalue weighted by molar-refractivity contribution is 6.30. The molecule has 2 atom stereocenters. The van der Waals surface area contributed by atoms with E-state index in [1.807, 2.05) is 0 Å². The molecule has 5 heteroatoms. The van der Waals surface area contributed by atoms with Gasteiger partial charge in [-0.15, -0.1) is 0 Å². The van der Waals surface area contributed by atoms with Crippen molar-refractivity contribution in [3.05, 3.63) is 34.6 Å². The van der Waals surface area contributed by atoms with Crippen LogP contribution in [-0.4, -0.2) is 18.2 Å². The van der Waals surface area contributed by atoms with Gasteiger partial charge >= 0.3 is 0 Å². The summed E-state index contributed by atoms with van der Waals surface area (Å²) in [5, 5.41) is 0.142. The molecule has 1 aliphatic heterocycles. The summed E-state index contributed by atoms with van der Waals surface area (Å²) in [6, 6.07) is 4.75. The molecule has 0 saturated carbocycles. The fraction of sp³-hybridized carbons (Fsp3) is 0.571. The van der Waals surface area contributed by atoms with Crippen LogP contribution in [0.3, 0.4) is 0 Å². The Morgan fingerprint density at radius 3 is 2.89 bits per heavy atom. The average molecular weight is 287 g/mol. The lowest BCUT2D eigenvalue weighted by Gasteiger charge is -2.40. The number of nitrogens with one attached hydrogen (secondary N) is 1. The summed E-state index contributed by atoms with van der Waals surface area (Å²) in [6.07, 6.45) is 3.86. The number of hydrogen-bond donors (Lipinski definition) is 2. The largest absolute Gasteiger partial charge is 0.374 e. The van der Waals surface area contributed by atoms with Gasteiger partial charge in [0.2, 0.25) is 0 Å². The standard InChI is InChI=1S/C14H20ClFN2O/c1-14(6-2-3-7-19-14)13(18-17)9-10-4-5-12(16)11(15)8-10/h4-5,8,13,18H,2-3,6-7,9,17H2,1H3. The number of ether oxygens (including phenoxy) is 1. The second kappa shape index (κ2) is 6.18. The Kier molecular flexibility index (Phi) is 4.79. The van der Waals surface area contributed by atoms with E-state index in [2.05, 4.69) is 12.3 Å². The third-order valence-corrected chi connectivity index (χ3v) is 4.15. The predicted molar refractivity (Wildman–Crippen MR) is 74.4 cm³/mol. The summed E-state index contributed by atoms with van der Waals surface area (Å²) in [6.45, 7) is 2.83. The minimum absolute atomic E-state index is 0.0191. The van der Waals surface area contributed by atoms with Crippen LogP contribution >= 0.6 is 11.6 Å². The first-order valence-electron chi connectivity index (χ1n) is 6.59. The topological polar surface area (TPSA) is 47.3 Å². The molecule has 0 spiro atoms. The maximum absolute atomic E-state index is 13.2. The van der Waals surface area contributed by atoms with Gasteiger partial charge in [0.25, 0.3) is 0 Å². The fourth-order valence-corrected chi connectivity index (χ4v) is 2.79. The van der Waals surface area contributed by atoms with Gasteiger partial charge in [-0.3, -0.25) is 11.3 Å². The average Bonchev–Trinajstić information content (AvgIpc) is 2.40. The number of benzene rings is 1. The molecule has 1 fully saturated rings. The van der Waals surface area contributed by atoms with Gasteiger partial charge in [0, 0.05) is 6.61 Å². The van der Waals surface area contributed by atoms with Crippen molar-refractivity contribution in [2.24, 2.45) is 5.84 Å². The number of hydrogen-bond acceptors (Lipinski definition) is 3. The monoisotopic (exact) mass is 286 g/mol. The first-order valence-corrected chi connectivity index (χ1v) is 6.97. The van der Waals surface area contributed by atoms with Gasteiger partial charge in [-0.05, 0) is 50.3 Å². The normalized spacial score (nSPS) is 25.3. The van der Waals surface area contributed by atoms with E-state index in [0.29, 0.717) is 6.42 Å². The summed E-state index contributed by atoms with van der Waals surface area (Å²) in [5.74, 6) is 5.27. The summed E-state index contributed by atoms with van der Waals surface area (Å²) in [7, 11) is 0. The Morgan fingerprint density at radius 1 is 1.53 bits per heavy atom. The Bertz CT molecular complexity index is 435. The number of halogens is 2. The molecule has 1 saturated heterocycles. The fourth-order valence-electron chi connectivity index (χ4n) is 2.58. The van der Waals surface area contributed by atoms with Crippen LogP contribution in [0.4, 0.5) is 4.39 Å². The quantitative estimate of drug-likeness (QED) is 0.661.